The quantitative estimate of drug-likeness (QED) is 0.582. The molecule has 1 aliphatic rings. The maximum Gasteiger partial charge on any atom is 0.277 e. The van der Waals surface area contributed by atoms with Gasteiger partial charge in [0, 0.05) is 49.5 Å². The maximum absolute atomic E-state index is 13.1. The van der Waals surface area contributed by atoms with Gasteiger partial charge in [0.25, 0.3) is 5.91 Å². The van der Waals surface area contributed by atoms with Crippen molar-refractivity contribution in [3.05, 3.63) is 47.2 Å². The van der Waals surface area contributed by atoms with Gasteiger partial charge in [0.05, 0.1) is 11.1 Å². The van der Waals surface area contributed by atoms with Crippen LogP contribution >= 0.6 is 11.3 Å². The molecule has 0 unspecified atom stereocenters. The van der Waals surface area contributed by atoms with Crippen molar-refractivity contribution in [1.29, 1.82) is 0 Å². The number of anilines is 1. The number of sulfonamides is 1. The zero-order valence-corrected chi connectivity index (χ0v) is 18.7. The monoisotopic (exact) mass is 445 g/mol. The van der Waals surface area contributed by atoms with Gasteiger partial charge in [-0.2, -0.15) is 9.40 Å². The Kier molecular flexibility index (Phi) is 5.48. The van der Waals surface area contributed by atoms with Crippen LogP contribution in [0.3, 0.4) is 0 Å². The van der Waals surface area contributed by atoms with Crippen molar-refractivity contribution in [2.75, 3.05) is 24.5 Å². The Balaban J connectivity index is 1.59. The third-order valence-electron chi connectivity index (χ3n) is 5.21. The van der Waals surface area contributed by atoms with Gasteiger partial charge in [0.1, 0.15) is 10.7 Å². The Morgan fingerprint density at radius 1 is 1.27 bits per heavy atom. The third kappa shape index (κ3) is 3.55. The topological polar surface area (TPSA) is 88.4 Å². The van der Waals surface area contributed by atoms with Gasteiger partial charge in [-0.25, -0.2) is 13.4 Å². The Labute approximate surface area is 179 Å². The van der Waals surface area contributed by atoms with E-state index in [9.17, 15) is 13.2 Å². The highest BCUT2D eigenvalue weighted by Gasteiger charge is 2.30. The summed E-state index contributed by atoms with van der Waals surface area (Å²) in [5.74, 6) is -0.181. The summed E-state index contributed by atoms with van der Waals surface area (Å²) in [6.07, 6.45) is 4.19. The molecule has 3 heterocycles. The van der Waals surface area contributed by atoms with Crippen LogP contribution in [-0.4, -0.2) is 53.0 Å². The van der Waals surface area contributed by atoms with Crippen molar-refractivity contribution >= 4 is 33.0 Å². The molecular formula is C20H23N5O3S2. The van der Waals surface area contributed by atoms with Crippen molar-refractivity contribution < 1.29 is 13.2 Å². The van der Waals surface area contributed by atoms with Gasteiger partial charge in [0.2, 0.25) is 10.0 Å². The number of aromatic nitrogens is 3. The van der Waals surface area contributed by atoms with E-state index >= 15 is 0 Å². The SMILES string of the molecule is CCN(CC)S(=O)(=O)c1ccc2c(c1)CCN2C(=O)c1csc(-c2cnn(C)c2)n1. The van der Waals surface area contributed by atoms with E-state index in [1.54, 1.807) is 39.4 Å². The molecule has 0 fully saturated rings. The summed E-state index contributed by atoms with van der Waals surface area (Å²) < 4.78 is 28.7. The van der Waals surface area contributed by atoms with E-state index in [1.807, 2.05) is 27.1 Å². The lowest BCUT2D eigenvalue weighted by atomic mass is 10.2. The number of amides is 1. The van der Waals surface area contributed by atoms with Crippen molar-refractivity contribution in [2.45, 2.75) is 25.2 Å². The Morgan fingerprint density at radius 3 is 2.70 bits per heavy atom. The van der Waals surface area contributed by atoms with Crippen molar-refractivity contribution in [1.82, 2.24) is 19.1 Å². The minimum absolute atomic E-state index is 0.181. The molecule has 1 amide bonds. The van der Waals surface area contributed by atoms with Crippen LogP contribution in [0.1, 0.15) is 29.9 Å². The van der Waals surface area contributed by atoms with Gasteiger partial charge >= 0.3 is 0 Å². The van der Waals surface area contributed by atoms with Crippen molar-refractivity contribution in [3.63, 3.8) is 0 Å². The van der Waals surface area contributed by atoms with Crippen LogP contribution in [0.5, 0.6) is 0 Å². The summed E-state index contributed by atoms with van der Waals surface area (Å²) in [6.45, 7) is 4.99. The lowest BCUT2D eigenvalue weighted by molar-refractivity contribution is 0.0985. The highest BCUT2D eigenvalue weighted by molar-refractivity contribution is 7.89. The van der Waals surface area contributed by atoms with Gasteiger partial charge in [-0.05, 0) is 30.2 Å². The van der Waals surface area contributed by atoms with Crippen molar-refractivity contribution in [3.8, 4) is 10.6 Å². The molecule has 0 saturated carbocycles. The van der Waals surface area contributed by atoms with Crippen LogP contribution in [0.15, 0.2) is 40.9 Å². The first-order valence-corrected chi connectivity index (χ1v) is 12.1. The maximum atomic E-state index is 13.1. The molecule has 0 saturated heterocycles. The number of carbonyl (C=O) groups is 1. The first-order chi connectivity index (χ1) is 14.3. The van der Waals surface area contributed by atoms with Crippen LogP contribution in [0.4, 0.5) is 5.69 Å². The van der Waals surface area contributed by atoms with E-state index in [1.165, 1.54) is 15.6 Å². The average molecular weight is 446 g/mol. The Morgan fingerprint density at radius 2 is 2.03 bits per heavy atom. The fourth-order valence-corrected chi connectivity index (χ4v) is 5.92. The minimum Gasteiger partial charge on any atom is -0.306 e. The summed E-state index contributed by atoms with van der Waals surface area (Å²) in [4.78, 5) is 19.5. The molecular weight excluding hydrogens is 422 g/mol. The predicted molar refractivity (Wildman–Crippen MR) is 116 cm³/mol. The van der Waals surface area contributed by atoms with Crippen LogP contribution in [0.25, 0.3) is 10.6 Å². The number of benzene rings is 1. The van der Waals surface area contributed by atoms with E-state index in [0.29, 0.717) is 31.7 Å². The molecule has 0 atom stereocenters. The number of carbonyl (C=O) groups excluding carboxylic acids is 1. The second-order valence-electron chi connectivity index (χ2n) is 7.03. The molecule has 10 heteroatoms. The third-order valence-corrected chi connectivity index (χ3v) is 8.15. The summed E-state index contributed by atoms with van der Waals surface area (Å²) >= 11 is 1.40. The molecule has 0 aliphatic carbocycles. The number of nitrogens with zero attached hydrogens (tertiary/aromatic N) is 5. The van der Waals surface area contributed by atoms with Gasteiger partial charge in [-0.3, -0.25) is 9.48 Å². The molecule has 158 valence electrons. The average Bonchev–Trinajstić information content (AvgIpc) is 3.46. The molecule has 8 nitrogen and oxygen atoms in total. The van der Waals surface area contributed by atoms with E-state index in [4.69, 9.17) is 0 Å². The molecule has 4 rings (SSSR count). The highest BCUT2D eigenvalue weighted by atomic mass is 32.2. The lowest BCUT2D eigenvalue weighted by Crippen LogP contribution is -2.31. The first-order valence-electron chi connectivity index (χ1n) is 9.74. The smallest absolute Gasteiger partial charge is 0.277 e. The van der Waals surface area contributed by atoms with Crippen LogP contribution in [-0.2, 0) is 23.5 Å². The molecule has 0 radical (unpaired) electrons. The van der Waals surface area contributed by atoms with Crippen LogP contribution in [0.2, 0.25) is 0 Å². The fourth-order valence-electron chi connectivity index (χ4n) is 3.64. The predicted octanol–water partition coefficient (Wildman–Crippen LogP) is 2.78. The summed E-state index contributed by atoms with van der Waals surface area (Å²) in [5, 5.41) is 6.64. The number of thiazole rings is 1. The molecule has 3 aromatic rings. The minimum atomic E-state index is -3.53. The summed E-state index contributed by atoms with van der Waals surface area (Å²) in [7, 11) is -1.69. The number of fused-ring (bicyclic) bond motifs is 1. The lowest BCUT2D eigenvalue weighted by Gasteiger charge is -2.20. The second-order valence-corrected chi connectivity index (χ2v) is 9.82. The van der Waals surface area contributed by atoms with E-state index in [-0.39, 0.29) is 10.8 Å². The zero-order valence-electron chi connectivity index (χ0n) is 17.1. The van der Waals surface area contributed by atoms with Crippen LogP contribution < -0.4 is 4.90 Å². The number of aryl methyl sites for hydroxylation is 1. The molecule has 30 heavy (non-hydrogen) atoms. The number of hydrogen-bond donors (Lipinski definition) is 0. The largest absolute Gasteiger partial charge is 0.306 e. The highest BCUT2D eigenvalue weighted by Crippen LogP contribution is 2.33. The molecule has 1 aromatic carbocycles. The molecule has 2 aromatic heterocycles. The summed E-state index contributed by atoms with van der Waals surface area (Å²) in [5.41, 5.74) is 2.86. The molecule has 1 aliphatic heterocycles. The van der Waals surface area contributed by atoms with Gasteiger partial charge in [-0.15, -0.1) is 11.3 Å². The van der Waals surface area contributed by atoms with Gasteiger partial charge in [0.15, 0.2) is 0 Å². The standard InChI is InChI=1S/C20H23N5O3S2/c1-4-24(5-2)30(27,28)16-6-7-18-14(10-16)8-9-25(18)20(26)17-13-29-19(22-17)15-11-21-23(3)12-15/h6-7,10-13H,4-5,8-9H2,1-3H3. The van der Waals surface area contributed by atoms with E-state index < -0.39 is 10.0 Å². The fraction of sp³-hybridized carbons (Fsp3) is 0.350. The molecule has 0 bridgehead atoms. The van der Waals surface area contributed by atoms with Gasteiger partial charge in [-0.1, -0.05) is 13.8 Å². The second kappa shape index (κ2) is 7.93. The van der Waals surface area contributed by atoms with E-state index in [0.717, 1.165) is 21.8 Å². The van der Waals surface area contributed by atoms with Gasteiger partial charge < -0.3 is 4.90 Å². The zero-order chi connectivity index (χ0) is 21.5. The first kappa shape index (κ1) is 20.7. The van der Waals surface area contributed by atoms with E-state index in [2.05, 4.69) is 10.1 Å². The van der Waals surface area contributed by atoms with Crippen LogP contribution in [0, 0.1) is 0 Å². The number of hydrogen-bond acceptors (Lipinski definition) is 6. The Bertz CT molecular complexity index is 1190. The normalized spacial score (nSPS) is 13.8. The molecule has 0 spiro atoms. The summed E-state index contributed by atoms with van der Waals surface area (Å²) in [6, 6.07) is 5.00. The molecule has 0 N–H and O–H groups in total. The van der Waals surface area contributed by atoms with Crippen molar-refractivity contribution in [2.24, 2.45) is 7.05 Å². The Hall–Kier alpha value is -2.56. The number of rotatable bonds is 6.